The summed E-state index contributed by atoms with van der Waals surface area (Å²) in [5.41, 5.74) is 1.36. The van der Waals surface area contributed by atoms with Crippen LogP contribution < -0.4 is 5.32 Å². The van der Waals surface area contributed by atoms with Crippen molar-refractivity contribution in [2.45, 2.75) is 26.4 Å². The van der Waals surface area contributed by atoms with Gasteiger partial charge < -0.3 is 10.1 Å². The van der Waals surface area contributed by atoms with Gasteiger partial charge in [-0.2, -0.15) is 0 Å². The molecule has 4 nitrogen and oxygen atoms in total. The first-order valence-electron chi connectivity index (χ1n) is 7.03. The maximum atomic E-state index is 11.5. The van der Waals surface area contributed by atoms with E-state index in [1.807, 2.05) is 51.1 Å². The fourth-order valence-corrected chi connectivity index (χ4v) is 2.09. The van der Waals surface area contributed by atoms with E-state index in [0.717, 1.165) is 16.5 Å². The molecule has 1 N–H and O–H groups in total. The number of amides is 1. The molecule has 0 bridgehead atoms. The normalized spacial score (nSPS) is 11.8. The highest BCUT2D eigenvalue weighted by Gasteiger charge is 2.14. The zero-order valence-electron chi connectivity index (χ0n) is 12.9. The van der Waals surface area contributed by atoms with Crippen molar-refractivity contribution in [2.75, 3.05) is 6.54 Å². The van der Waals surface area contributed by atoms with Crippen LogP contribution in [-0.2, 0) is 4.74 Å². The summed E-state index contributed by atoms with van der Waals surface area (Å²) in [7, 11) is 0. The average Bonchev–Trinajstić information content (AvgIpc) is 2.42. The van der Waals surface area contributed by atoms with E-state index in [4.69, 9.17) is 16.3 Å². The Hall–Kier alpha value is -2.07. The summed E-state index contributed by atoms with van der Waals surface area (Å²) in [6, 6.07) is 7.61. The molecule has 0 unspecified atom stereocenters. The Kier molecular flexibility index (Phi) is 5.03. The van der Waals surface area contributed by atoms with Crippen LogP contribution in [0, 0.1) is 0 Å². The predicted octanol–water partition coefficient (Wildman–Crippen LogP) is 4.43. The molecule has 0 spiro atoms. The molecule has 0 radical (unpaired) electrons. The van der Waals surface area contributed by atoms with Crippen LogP contribution in [0.5, 0.6) is 0 Å². The smallest absolute Gasteiger partial charge is 0.407 e. The van der Waals surface area contributed by atoms with Crippen molar-refractivity contribution < 1.29 is 9.53 Å². The number of pyridine rings is 1. The van der Waals surface area contributed by atoms with E-state index in [9.17, 15) is 4.79 Å². The summed E-state index contributed by atoms with van der Waals surface area (Å²) < 4.78 is 5.15. The van der Waals surface area contributed by atoms with Gasteiger partial charge in [0, 0.05) is 18.1 Å². The molecular weight excluding hydrogens is 300 g/mol. The van der Waals surface area contributed by atoms with Gasteiger partial charge in [0.2, 0.25) is 0 Å². The van der Waals surface area contributed by atoms with Crippen molar-refractivity contribution in [3.63, 3.8) is 0 Å². The molecule has 116 valence electrons. The lowest BCUT2D eigenvalue weighted by Crippen LogP contribution is -2.32. The van der Waals surface area contributed by atoms with Crippen LogP contribution in [-0.4, -0.2) is 23.2 Å². The molecule has 0 aliphatic rings. The largest absolute Gasteiger partial charge is 0.444 e. The second-order valence-corrected chi connectivity index (χ2v) is 6.26. The third-order valence-electron chi connectivity index (χ3n) is 2.79. The van der Waals surface area contributed by atoms with Gasteiger partial charge in [0.25, 0.3) is 0 Å². The quantitative estimate of drug-likeness (QED) is 0.911. The first kappa shape index (κ1) is 16.3. The van der Waals surface area contributed by atoms with Gasteiger partial charge in [-0.25, -0.2) is 4.79 Å². The van der Waals surface area contributed by atoms with Crippen molar-refractivity contribution in [1.29, 1.82) is 0 Å². The third kappa shape index (κ3) is 4.74. The molecule has 1 aromatic carbocycles. The van der Waals surface area contributed by atoms with Gasteiger partial charge in [-0.1, -0.05) is 29.8 Å². The van der Waals surface area contributed by atoms with Crippen LogP contribution in [0.1, 0.15) is 26.3 Å². The number of carbonyl (C=O) groups is 1. The number of benzene rings is 1. The van der Waals surface area contributed by atoms with Crippen molar-refractivity contribution in [3.8, 4) is 0 Å². The van der Waals surface area contributed by atoms with Crippen molar-refractivity contribution in [3.05, 3.63) is 47.1 Å². The van der Waals surface area contributed by atoms with Crippen molar-refractivity contribution in [1.82, 2.24) is 10.3 Å². The number of nitrogens with zero attached hydrogens (tertiary/aromatic N) is 1. The predicted molar refractivity (Wildman–Crippen MR) is 90.0 cm³/mol. The minimum atomic E-state index is -0.490. The molecular formula is C17H19ClN2O2. The molecule has 1 heterocycles. The van der Waals surface area contributed by atoms with E-state index in [0.29, 0.717) is 11.6 Å². The molecule has 2 rings (SSSR count). The average molecular weight is 319 g/mol. The Labute approximate surface area is 135 Å². The molecule has 0 aliphatic heterocycles. The third-order valence-corrected chi connectivity index (χ3v) is 3.12. The lowest BCUT2D eigenvalue weighted by Gasteiger charge is -2.19. The minimum absolute atomic E-state index is 0.397. The second-order valence-electron chi connectivity index (χ2n) is 5.85. The van der Waals surface area contributed by atoms with Crippen molar-refractivity contribution in [2.24, 2.45) is 0 Å². The van der Waals surface area contributed by atoms with Gasteiger partial charge in [-0.3, -0.25) is 4.98 Å². The molecule has 1 amide bonds. The van der Waals surface area contributed by atoms with E-state index in [1.54, 1.807) is 12.3 Å². The van der Waals surface area contributed by atoms with Crippen LogP contribution in [0.15, 0.2) is 36.5 Å². The van der Waals surface area contributed by atoms with Crippen LogP contribution in [0.4, 0.5) is 4.79 Å². The lowest BCUT2D eigenvalue weighted by molar-refractivity contribution is 0.0534. The van der Waals surface area contributed by atoms with Gasteiger partial charge in [0.05, 0.1) is 10.5 Å². The summed E-state index contributed by atoms with van der Waals surface area (Å²) >= 11 is 6.16. The Morgan fingerprint density at radius 1 is 1.36 bits per heavy atom. The number of nitrogens with one attached hydrogen (secondary N) is 1. The zero-order chi connectivity index (χ0) is 16.2. The summed E-state index contributed by atoms with van der Waals surface area (Å²) in [5, 5.41) is 4.25. The molecule has 0 saturated carbocycles. The van der Waals surface area contributed by atoms with E-state index in [1.165, 1.54) is 0 Å². The molecule has 0 fully saturated rings. The molecule has 2 aromatic rings. The number of fused-ring (bicyclic) bond motifs is 1. The molecule has 1 aromatic heterocycles. The first-order chi connectivity index (χ1) is 10.3. The van der Waals surface area contributed by atoms with E-state index in [2.05, 4.69) is 10.3 Å². The Bertz CT molecular complexity index is 705. The number of aromatic nitrogens is 1. The minimum Gasteiger partial charge on any atom is -0.444 e. The fourth-order valence-electron chi connectivity index (χ4n) is 1.89. The van der Waals surface area contributed by atoms with E-state index in [-0.39, 0.29) is 0 Å². The van der Waals surface area contributed by atoms with Crippen LogP contribution in [0.25, 0.3) is 17.0 Å². The van der Waals surface area contributed by atoms with Crippen LogP contribution in [0.3, 0.4) is 0 Å². The highest BCUT2D eigenvalue weighted by atomic mass is 35.5. The summed E-state index contributed by atoms with van der Waals surface area (Å²) in [6.45, 7) is 5.88. The molecule has 22 heavy (non-hydrogen) atoms. The summed E-state index contributed by atoms with van der Waals surface area (Å²) in [5.74, 6) is 0. The fraction of sp³-hybridized carbons (Fsp3) is 0.294. The number of alkyl carbamates (subject to hydrolysis) is 1. The highest BCUT2D eigenvalue weighted by Crippen LogP contribution is 2.22. The topological polar surface area (TPSA) is 51.2 Å². The van der Waals surface area contributed by atoms with Gasteiger partial charge in [0.15, 0.2) is 0 Å². The molecule has 0 aliphatic carbocycles. The zero-order valence-corrected chi connectivity index (χ0v) is 13.6. The maximum absolute atomic E-state index is 11.5. The molecule has 0 atom stereocenters. The maximum Gasteiger partial charge on any atom is 0.407 e. The summed E-state index contributed by atoms with van der Waals surface area (Å²) in [6.07, 6.45) is 5.03. The van der Waals surface area contributed by atoms with Gasteiger partial charge in [-0.15, -0.1) is 0 Å². The monoisotopic (exact) mass is 318 g/mol. The Morgan fingerprint density at radius 3 is 2.86 bits per heavy atom. The van der Waals surface area contributed by atoms with E-state index >= 15 is 0 Å². The number of halogens is 1. The highest BCUT2D eigenvalue weighted by molar-refractivity contribution is 6.35. The first-order valence-corrected chi connectivity index (χ1v) is 7.40. The summed E-state index contributed by atoms with van der Waals surface area (Å²) in [4.78, 5) is 15.8. The van der Waals surface area contributed by atoms with Crippen LogP contribution in [0.2, 0.25) is 5.02 Å². The number of rotatable bonds is 3. The van der Waals surface area contributed by atoms with Crippen molar-refractivity contribution >= 4 is 34.7 Å². The van der Waals surface area contributed by atoms with Gasteiger partial charge in [-0.05, 0) is 44.5 Å². The van der Waals surface area contributed by atoms with Gasteiger partial charge in [0.1, 0.15) is 5.60 Å². The Balaban J connectivity index is 1.96. The number of carbonyl (C=O) groups excluding carboxylic acids is 1. The molecule has 0 saturated heterocycles. The Morgan fingerprint density at radius 2 is 2.14 bits per heavy atom. The SMILES string of the molecule is CC(C)(C)OC(=O)NCC=Cc1ccc2nccc(Cl)c2c1. The van der Waals surface area contributed by atoms with Gasteiger partial charge >= 0.3 is 6.09 Å². The number of ether oxygens (including phenoxy) is 1. The van der Waals surface area contributed by atoms with E-state index < -0.39 is 11.7 Å². The molecule has 5 heteroatoms. The standard InChI is InChI=1S/C17H19ClN2O2/c1-17(2,3)22-16(21)20-9-4-5-12-6-7-15-13(11-12)14(18)8-10-19-15/h4-8,10-11H,9H2,1-3H3,(H,20,21). The second kappa shape index (κ2) is 6.79. The van der Waals surface area contributed by atoms with Crippen LogP contribution >= 0.6 is 11.6 Å². The number of hydrogen-bond acceptors (Lipinski definition) is 3. The lowest BCUT2D eigenvalue weighted by atomic mass is 10.1. The number of hydrogen-bond donors (Lipinski definition) is 1.